The summed E-state index contributed by atoms with van der Waals surface area (Å²) in [5.74, 6) is -2.22. The Hall–Kier alpha value is -3.32. The minimum Gasteiger partial charge on any atom is -0.481 e. The smallest absolute Gasteiger partial charge is 0.323 e. The van der Waals surface area contributed by atoms with Crippen molar-refractivity contribution in [1.29, 1.82) is 0.594 Å². The Morgan fingerprint density at radius 3 is 1.80 bits per heavy atom. The van der Waals surface area contributed by atoms with Crippen LogP contribution in [0.25, 0.3) is 0 Å². The van der Waals surface area contributed by atoms with Gasteiger partial charge in [-0.1, -0.05) is 95.8 Å². The van der Waals surface area contributed by atoms with Gasteiger partial charge in [0, 0.05) is 24.8 Å². The molecule has 2 atom stereocenters. The number of rotatable bonds is 18. The van der Waals surface area contributed by atoms with E-state index in [2.05, 4.69) is 0 Å². The predicted molar refractivity (Wildman–Crippen MR) is 188 cm³/mol. The highest BCUT2D eigenvalue weighted by Crippen LogP contribution is 2.21. The number of ether oxygens (including phenoxy) is 3. The summed E-state index contributed by atoms with van der Waals surface area (Å²) in [6.45, 7) is 8.05. The fourth-order valence-corrected chi connectivity index (χ4v) is 3.85. The second-order valence-electron chi connectivity index (χ2n) is 11.0. The van der Waals surface area contributed by atoms with Crippen LogP contribution >= 0.6 is 23.8 Å². The van der Waals surface area contributed by atoms with Crippen molar-refractivity contribution in [2.45, 2.75) is 86.3 Å². The number of carboxylic acids is 1. The quantitative estimate of drug-likeness (QED) is 0.0556. The summed E-state index contributed by atoms with van der Waals surface area (Å²) in [6, 6.07) is 17.9. The van der Waals surface area contributed by atoms with Gasteiger partial charge in [-0.05, 0) is 36.7 Å². The van der Waals surface area contributed by atoms with Crippen LogP contribution in [0.5, 0.6) is 0 Å². The van der Waals surface area contributed by atoms with Gasteiger partial charge >= 0.3 is 23.9 Å². The number of ketones is 1. The Morgan fingerprint density at radius 1 is 0.761 bits per heavy atom. The van der Waals surface area contributed by atoms with Gasteiger partial charge in [-0.15, -0.1) is 23.8 Å². The Morgan fingerprint density at radius 2 is 1.28 bits per heavy atom. The second kappa shape index (κ2) is 25.8. The first-order valence-corrected chi connectivity index (χ1v) is 15.0. The fourth-order valence-electron chi connectivity index (χ4n) is 3.85. The lowest BCUT2D eigenvalue weighted by Gasteiger charge is -2.19. The number of carbonyl (C=O) groups excluding carboxylic acids is 4. The standard InChI is InChI=1S/C25H30O5.C9H17NO4.CH4.HI/c1-19(2)22(15-16-23(26)21-12-7-4-8-13-21)25(28)29-17-9-14-24(27)30-18-20-10-5-3-6-11-20;1-6(2)8(10)9(13)14-5-3-4-7(11)12;;/h3-8,10-13,19,22H,9,14-18H2,1-2H3;6,8H,3-5,10H2,1-2H3,(H,11,12);1H4;1H/t22-;8-;;/m00../s1/i/hD. The molecule has 0 saturated carbocycles. The van der Waals surface area contributed by atoms with Crippen LogP contribution in [-0.4, -0.2) is 54.6 Å². The number of esters is 3. The summed E-state index contributed by atoms with van der Waals surface area (Å²) in [6.07, 6.45) is 1.68. The molecule has 0 bridgehead atoms. The van der Waals surface area contributed by atoms with Crippen LogP contribution in [0.15, 0.2) is 60.7 Å². The zero-order chi connectivity index (χ0) is 34.9. The van der Waals surface area contributed by atoms with Crippen LogP contribution < -0.4 is 5.73 Å². The molecule has 0 amide bonds. The fraction of sp³-hybridized carbons (Fsp3) is 0.514. The molecule has 2 aromatic carbocycles. The van der Waals surface area contributed by atoms with E-state index in [0.717, 1.165) is 5.56 Å². The van der Waals surface area contributed by atoms with Gasteiger partial charge in [-0.2, -0.15) is 0 Å². The lowest BCUT2D eigenvalue weighted by Crippen LogP contribution is -2.37. The SMILES string of the molecule is C.CC(C)[C@H](CCC(=O)c1ccccc1)C(=O)OCCCC(=O)OCc1ccccc1.CC(C)[C@H](N)C(=O)OCCCC(=O)O.[2H]I. The number of halogens is 1. The molecule has 0 saturated heterocycles. The van der Waals surface area contributed by atoms with Gasteiger partial charge in [0.25, 0.3) is 0 Å². The zero-order valence-corrected chi connectivity index (χ0v) is 28.8. The van der Waals surface area contributed by atoms with Crippen molar-refractivity contribution in [3.05, 3.63) is 71.8 Å². The van der Waals surface area contributed by atoms with Crippen molar-refractivity contribution in [2.75, 3.05) is 13.2 Å². The van der Waals surface area contributed by atoms with Gasteiger partial charge in [0.1, 0.15) is 13.2 Å². The Balaban J connectivity index is 0. The number of Topliss-reactive ketones (excluding diaryl/α,β-unsaturated/α-hetero) is 1. The lowest BCUT2D eigenvalue weighted by molar-refractivity contribution is -0.152. The van der Waals surface area contributed by atoms with Gasteiger partial charge < -0.3 is 25.1 Å². The van der Waals surface area contributed by atoms with Crippen molar-refractivity contribution >= 4 is 53.4 Å². The van der Waals surface area contributed by atoms with Crippen LogP contribution in [0, 0.1) is 17.8 Å². The van der Waals surface area contributed by atoms with Crippen molar-refractivity contribution in [3.8, 4) is 0 Å². The number of benzene rings is 2. The number of aliphatic carboxylic acids is 1. The van der Waals surface area contributed by atoms with Gasteiger partial charge in [-0.25, -0.2) is 0 Å². The molecule has 0 radical (unpaired) electrons. The van der Waals surface area contributed by atoms with E-state index < -0.39 is 18.0 Å². The normalized spacial score (nSPS) is 11.6. The lowest BCUT2D eigenvalue weighted by atomic mass is 9.89. The molecule has 258 valence electrons. The molecule has 0 aliphatic heterocycles. The van der Waals surface area contributed by atoms with E-state index >= 15 is 0 Å². The number of hydrogen-bond donors (Lipinski definition) is 2. The van der Waals surface area contributed by atoms with Crippen molar-refractivity contribution in [3.63, 3.8) is 0 Å². The number of carbonyl (C=O) groups is 5. The van der Waals surface area contributed by atoms with Crippen LogP contribution in [0.4, 0.5) is 0 Å². The molecular formula is C35H52INO9. The summed E-state index contributed by atoms with van der Waals surface area (Å²) in [7, 11) is 0. The molecule has 0 aliphatic carbocycles. The molecule has 11 heteroatoms. The van der Waals surface area contributed by atoms with E-state index in [0.29, 0.717) is 31.2 Å². The number of nitrogens with two attached hydrogens (primary N) is 1. The Bertz CT molecular complexity index is 1160. The van der Waals surface area contributed by atoms with Gasteiger partial charge in [-0.3, -0.25) is 24.0 Å². The highest BCUT2D eigenvalue weighted by atomic mass is 127. The zero-order valence-electron chi connectivity index (χ0n) is 27.6. The summed E-state index contributed by atoms with van der Waals surface area (Å²) in [5.41, 5.74) is 7.10. The molecule has 0 heterocycles. The molecule has 10 nitrogen and oxygen atoms in total. The van der Waals surface area contributed by atoms with Crippen LogP contribution in [0.2, 0.25) is 0 Å². The third kappa shape index (κ3) is 19.9. The number of carboxylic acid groups (broad SMARTS) is 1. The molecular weight excluding hydrogens is 705 g/mol. The first-order chi connectivity index (χ1) is 21.9. The van der Waals surface area contributed by atoms with E-state index in [9.17, 15) is 24.0 Å². The molecule has 0 fully saturated rings. The average Bonchev–Trinajstić information content (AvgIpc) is 3.05. The van der Waals surface area contributed by atoms with E-state index in [1.165, 1.54) is 23.8 Å². The second-order valence-corrected chi connectivity index (χ2v) is 11.0. The van der Waals surface area contributed by atoms with Crippen LogP contribution in [-0.2, 0) is 40.0 Å². The summed E-state index contributed by atoms with van der Waals surface area (Å²) < 4.78 is 21.1. The first kappa shape index (κ1) is 42.7. The monoisotopic (exact) mass is 758 g/mol. The third-order valence-electron chi connectivity index (χ3n) is 6.67. The van der Waals surface area contributed by atoms with Crippen LogP contribution in [0.3, 0.4) is 0 Å². The van der Waals surface area contributed by atoms with Crippen molar-refractivity contribution in [1.82, 2.24) is 0 Å². The van der Waals surface area contributed by atoms with Gasteiger partial charge in [0.2, 0.25) is 0 Å². The Kier molecular flexibility index (Phi) is 24.0. The molecule has 0 spiro atoms. The van der Waals surface area contributed by atoms with E-state index in [1.807, 2.05) is 76.2 Å². The highest BCUT2D eigenvalue weighted by molar-refractivity contribution is 14.0. The van der Waals surface area contributed by atoms with Crippen molar-refractivity contribution < 1.29 is 43.3 Å². The van der Waals surface area contributed by atoms with E-state index in [1.54, 1.807) is 12.1 Å². The maximum absolute atomic E-state index is 12.4. The largest absolute Gasteiger partial charge is 0.481 e. The minimum absolute atomic E-state index is 0. The van der Waals surface area contributed by atoms with Gasteiger partial charge in [0.05, 0.1) is 19.1 Å². The van der Waals surface area contributed by atoms with Crippen LogP contribution in [0.1, 0.15) is 89.6 Å². The van der Waals surface area contributed by atoms with Crippen molar-refractivity contribution in [2.24, 2.45) is 23.5 Å². The third-order valence-corrected chi connectivity index (χ3v) is 6.67. The molecule has 3 N–H and O–H groups in total. The molecule has 0 aliphatic rings. The first-order valence-electron chi connectivity index (χ1n) is 15.4. The molecule has 0 unspecified atom stereocenters. The molecule has 2 aromatic rings. The maximum Gasteiger partial charge on any atom is 0.323 e. The molecule has 2 rings (SSSR count). The van der Waals surface area contributed by atoms with E-state index in [-0.39, 0.29) is 75.6 Å². The maximum atomic E-state index is 12.4. The summed E-state index contributed by atoms with van der Waals surface area (Å²) >= 11 is 1.40. The van der Waals surface area contributed by atoms with E-state index in [4.69, 9.17) is 25.6 Å². The Labute approximate surface area is 291 Å². The summed E-state index contributed by atoms with van der Waals surface area (Å²) in [4.78, 5) is 57.8. The predicted octanol–water partition coefficient (Wildman–Crippen LogP) is 6.62. The molecule has 46 heavy (non-hydrogen) atoms. The molecule has 0 aromatic heterocycles. The summed E-state index contributed by atoms with van der Waals surface area (Å²) in [5, 5.41) is 8.31. The average molecular weight is 759 g/mol. The highest BCUT2D eigenvalue weighted by Gasteiger charge is 2.25. The minimum atomic E-state index is -0.894. The number of hydrogen-bond acceptors (Lipinski definition) is 9. The van der Waals surface area contributed by atoms with Gasteiger partial charge in [0.15, 0.2) is 5.78 Å². The topological polar surface area (TPSA) is 159 Å².